The summed E-state index contributed by atoms with van der Waals surface area (Å²) in [6.45, 7) is 2.69. The van der Waals surface area contributed by atoms with E-state index in [1.807, 2.05) is 66.3 Å². The average Bonchev–Trinajstić information content (AvgIpc) is 3.38. The fourth-order valence-corrected chi connectivity index (χ4v) is 3.54. The molecule has 4 rings (SSSR count). The zero-order valence-corrected chi connectivity index (χ0v) is 15.6. The van der Waals surface area contributed by atoms with Crippen LogP contribution < -0.4 is 10.1 Å². The minimum atomic E-state index is -0.194. The Balaban J connectivity index is 1.57. The lowest BCUT2D eigenvalue weighted by Crippen LogP contribution is -2.24. The first-order valence-corrected chi connectivity index (χ1v) is 9.57. The van der Waals surface area contributed by atoms with Gasteiger partial charge in [0.2, 0.25) is 0 Å². The quantitative estimate of drug-likeness (QED) is 0.554. The lowest BCUT2D eigenvalue weighted by atomic mass is 10.0. The van der Waals surface area contributed by atoms with Crippen molar-refractivity contribution in [1.29, 1.82) is 0 Å². The minimum absolute atomic E-state index is 0.194. The molecule has 0 aliphatic carbocycles. The summed E-state index contributed by atoms with van der Waals surface area (Å²) in [5, 5.41) is 17.0. The molecule has 0 saturated carbocycles. The number of amides is 1. The van der Waals surface area contributed by atoms with Gasteiger partial charge in [0, 0.05) is 5.38 Å². The molecule has 2 aromatic heterocycles. The minimum Gasteiger partial charge on any atom is -0.493 e. The van der Waals surface area contributed by atoms with Gasteiger partial charge >= 0.3 is 0 Å². The van der Waals surface area contributed by atoms with Crippen molar-refractivity contribution in [3.8, 4) is 11.4 Å². The molecule has 0 unspecified atom stereocenters. The number of carbonyl (C=O) groups is 1. The van der Waals surface area contributed by atoms with Crippen LogP contribution >= 0.6 is 11.3 Å². The number of ether oxygens (including phenoxy) is 1. The second-order valence-corrected chi connectivity index (χ2v) is 6.69. The maximum atomic E-state index is 12.9. The fraction of sp³-hybridized carbons (Fsp3) is 0.150. The molecule has 0 spiro atoms. The zero-order chi connectivity index (χ0) is 18.6. The highest BCUT2D eigenvalue weighted by molar-refractivity contribution is 7.08. The monoisotopic (exact) mass is 378 g/mol. The van der Waals surface area contributed by atoms with Crippen LogP contribution in [0.5, 0.6) is 5.75 Å². The summed E-state index contributed by atoms with van der Waals surface area (Å²) in [6, 6.07) is 13.5. The summed E-state index contributed by atoms with van der Waals surface area (Å²) >= 11 is 1.59. The van der Waals surface area contributed by atoms with Gasteiger partial charge in [-0.3, -0.25) is 4.79 Å². The van der Waals surface area contributed by atoms with E-state index >= 15 is 0 Å². The van der Waals surface area contributed by atoms with E-state index in [2.05, 4.69) is 15.6 Å². The summed E-state index contributed by atoms with van der Waals surface area (Å²) < 4.78 is 7.38. The molecule has 2 heterocycles. The van der Waals surface area contributed by atoms with Crippen LogP contribution in [0.3, 0.4) is 0 Å². The normalized spacial score (nSPS) is 10.9. The maximum absolute atomic E-state index is 12.9. The number of nitrogens with one attached hydrogen (secondary N) is 1. The molecular weight excluding hydrogens is 360 g/mol. The molecule has 0 bridgehead atoms. The molecule has 0 saturated heterocycles. The van der Waals surface area contributed by atoms with Gasteiger partial charge in [0.05, 0.1) is 30.6 Å². The molecule has 1 amide bonds. The van der Waals surface area contributed by atoms with Gasteiger partial charge in [-0.1, -0.05) is 35.5 Å². The van der Waals surface area contributed by atoms with Crippen LogP contribution in [0.2, 0.25) is 0 Å². The SMILES string of the molecule is CCOc1ccc2ccccc2c1C(=O)NCc1cn(-c2ccsc2)nn1. The van der Waals surface area contributed by atoms with E-state index in [1.165, 1.54) is 0 Å². The third kappa shape index (κ3) is 3.54. The third-order valence-corrected chi connectivity index (χ3v) is 4.83. The zero-order valence-electron chi connectivity index (χ0n) is 14.8. The number of benzene rings is 2. The Labute approximate surface area is 160 Å². The summed E-state index contributed by atoms with van der Waals surface area (Å²) in [5.74, 6) is 0.385. The van der Waals surface area contributed by atoms with Gasteiger partial charge in [-0.2, -0.15) is 11.3 Å². The highest BCUT2D eigenvalue weighted by atomic mass is 32.1. The van der Waals surface area contributed by atoms with Gasteiger partial charge in [0.1, 0.15) is 11.4 Å². The number of thiophene rings is 1. The van der Waals surface area contributed by atoms with Gasteiger partial charge < -0.3 is 10.1 Å². The van der Waals surface area contributed by atoms with Crippen LogP contribution in [-0.2, 0) is 6.54 Å². The van der Waals surface area contributed by atoms with Crippen LogP contribution in [0.15, 0.2) is 59.4 Å². The number of hydrogen-bond donors (Lipinski definition) is 1. The molecular formula is C20H18N4O2S. The van der Waals surface area contributed by atoms with E-state index in [0.717, 1.165) is 16.5 Å². The summed E-state index contributed by atoms with van der Waals surface area (Å²) in [7, 11) is 0. The molecule has 1 N–H and O–H groups in total. The Bertz CT molecular complexity index is 1070. The Morgan fingerprint density at radius 3 is 2.93 bits per heavy atom. The molecule has 27 heavy (non-hydrogen) atoms. The van der Waals surface area contributed by atoms with Gasteiger partial charge in [-0.25, -0.2) is 4.68 Å². The molecule has 0 fully saturated rings. The first-order chi connectivity index (χ1) is 13.3. The molecule has 6 nitrogen and oxygen atoms in total. The van der Waals surface area contributed by atoms with E-state index in [1.54, 1.807) is 16.0 Å². The topological polar surface area (TPSA) is 69.0 Å². The molecule has 7 heteroatoms. The molecule has 0 aliphatic heterocycles. The molecule has 0 radical (unpaired) electrons. The standard InChI is InChI=1S/C20H18N4O2S/c1-2-26-18-8-7-14-5-3-4-6-17(14)19(18)20(25)21-11-15-12-24(23-22-15)16-9-10-27-13-16/h3-10,12-13H,2,11H2,1H3,(H,21,25). The predicted octanol–water partition coefficient (Wildman–Crippen LogP) is 3.81. The number of carbonyl (C=O) groups excluding carboxylic acids is 1. The van der Waals surface area contributed by atoms with E-state index in [4.69, 9.17) is 4.74 Å². The second kappa shape index (κ2) is 7.59. The van der Waals surface area contributed by atoms with Gasteiger partial charge in [-0.15, -0.1) is 5.10 Å². The van der Waals surface area contributed by atoms with E-state index < -0.39 is 0 Å². The van der Waals surface area contributed by atoms with Crippen molar-refractivity contribution in [3.05, 3.63) is 70.7 Å². The third-order valence-electron chi connectivity index (χ3n) is 4.16. The number of nitrogens with zero attached hydrogens (tertiary/aromatic N) is 3. The highest BCUT2D eigenvalue weighted by Gasteiger charge is 2.17. The Morgan fingerprint density at radius 1 is 1.22 bits per heavy atom. The predicted molar refractivity (Wildman–Crippen MR) is 106 cm³/mol. The molecule has 136 valence electrons. The first-order valence-electron chi connectivity index (χ1n) is 8.63. The van der Waals surface area contributed by atoms with Crippen molar-refractivity contribution >= 4 is 28.0 Å². The van der Waals surface area contributed by atoms with Crippen LogP contribution in [-0.4, -0.2) is 27.5 Å². The first kappa shape index (κ1) is 17.2. The van der Waals surface area contributed by atoms with Crippen molar-refractivity contribution < 1.29 is 9.53 Å². The van der Waals surface area contributed by atoms with Crippen LogP contribution in [0.4, 0.5) is 0 Å². The van der Waals surface area contributed by atoms with Gasteiger partial charge in [-0.05, 0) is 35.2 Å². The number of hydrogen-bond acceptors (Lipinski definition) is 5. The smallest absolute Gasteiger partial charge is 0.256 e. The van der Waals surface area contributed by atoms with Crippen LogP contribution in [0, 0.1) is 0 Å². The Kier molecular flexibility index (Phi) is 4.84. The van der Waals surface area contributed by atoms with Crippen LogP contribution in [0.25, 0.3) is 16.5 Å². The van der Waals surface area contributed by atoms with Crippen molar-refractivity contribution in [2.75, 3.05) is 6.61 Å². The molecule has 0 aliphatic rings. The van der Waals surface area contributed by atoms with Crippen molar-refractivity contribution in [2.45, 2.75) is 13.5 Å². The van der Waals surface area contributed by atoms with Crippen molar-refractivity contribution in [3.63, 3.8) is 0 Å². The number of fused-ring (bicyclic) bond motifs is 1. The fourth-order valence-electron chi connectivity index (χ4n) is 2.91. The number of aromatic nitrogens is 3. The number of rotatable bonds is 6. The highest BCUT2D eigenvalue weighted by Crippen LogP contribution is 2.28. The largest absolute Gasteiger partial charge is 0.493 e. The molecule has 0 atom stereocenters. The lowest BCUT2D eigenvalue weighted by Gasteiger charge is -2.13. The van der Waals surface area contributed by atoms with E-state index in [9.17, 15) is 4.79 Å². The Hall–Kier alpha value is -3.19. The maximum Gasteiger partial charge on any atom is 0.256 e. The van der Waals surface area contributed by atoms with Crippen molar-refractivity contribution in [2.24, 2.45) is 0 Å². The van der Waals surface area contributed by atoms with Crippen LogP contribution in [0.1, 0.15) is 23.0 Å². The van der Waals surface area contributed by atoms with E-state index in [-0.39, 0.29) is 12.5 Å². The lowest BCUT2D eigenvalue weighted by molar-refractivity contribution is 0.0948. The summed E-state index contributed by atoms with van der Waals surface area (Å²) in [4.78, 5) is 12.9. The van der Waals surface area contributed by atoms with Crippen molar-refractivity contribution in [1.82, 2.24) is 20.3 Å². The molecule has 4 aromatic rings. The van der Waals surface area contributed by atoms with E-state index in [0.29, 0.717) is 23.6 Å². The van der Waals surface area contributed by atoms with Gasteiger partial charge in [0.15, 0.2) is 0 Å². The molecule has 2 aromatic carbocycles. The summed E-state index contributed by atoms with van der Waals surface area (Å²) in [6.07, 6.45) is 1.81. The average molecular weight is 378 g/mol. The summed E-state index contributed by atoms with van der Waals surface area (Å²) in [5.41, 5.74) is 2.19. The Morgan fingerprint density at radius 2 is 2.11 bits per heavy atom. The second-order valence-electron chi connectivity index (χ2n) is 5.91. The van der Waals surface area contributed by atoms with Gasteiger partial charge in [0.25, 0.3) is 5.91 Å².